The smallest absolute Gasteiger partial charge is 0.0347 e. The van der Waals surface area contributed by atoms with E-state index in [4.69, 9.17) is 0 Å². The third-order valence-corrected chi connectivity index (χ3v) is 1.85. The predicted molar refractivity (Wildman–Crippen MR) is 44.1 cm³/mol. The number of nitrogens with zero attached hydrogens (tertiary/aromatic N) is 1. The largest absolute Gasteiger partial charge is 0.348 e. The molecular weight excluding hydrogens is 129 g/mol. The highest BCUT2D eigenvalue weighted by atomic mass is 31.0. The highest BCUT2D eigenvalue weighted by Gasteiger charge is 1.90. The van der Waals surface area contributed by atoms with Crippen LogP contribution in [-0.4, -0.2) is 4.57 Å². The molecule has 1 aromatic rings. The molecule has 0 spiro atoms. The molecule has 1 unspecified atom stereocenters. The molecule has 0 aliphatic rings. The zero-order chi connectivity index (χ0) is 6.69. The van der Waals surface area contributed by atoms with Gasteiger partial charge >= 0.3 is 0 Å². The fourth-order valence-electron chi connectivity index (χ4n) is 0.872. The second-order valence-electron chi connectivity index (χ2n) is 2.13. The molecule has 0 N–H and O–H groups in total. The van der Waals surface area contributed by atoms with E-state index < -0.39 is 0 Å². The van der Waals surface area contributed by atoms with Crippen LogP contribution in [0.25, 0.3) is 0 Å². The van der Waals surface area contributed by atoms with Gasteiger partial charge in [0.25, 0.3) is 0 Å². The van der Waals surface area contributed by atoms with Crippen molar-refractivity contribution in [2.75, 3.05) is 0 Å². The van der Waals surface area contributed by atoms with E-state index in [1.165, 1.54) is 11.9 Å². The topological polar surface area (TPSA) is 4.93 Å². The maximum absolute atomic E-state index is 2.71. The van der Waals surface area contributed by atoms with E-state index in [1.807, 2.05) is 0 Å². The normalized spacial score (nSPS) is 10.0. The Bertz CT molecular complexity index is 181. The summed E-state index contributed by atoms with van der Waals surface area (Å²) >= 11 is 0. The number of aromatic nitrogens is 1. The minimum absolute atomic E-state index is 1.13. The maximum Gasteiger partial charge on any atom is 0.0347 e. The Morgan fingerprint density at radius 3 is 2.89 bits per heavy atom. The molecule has 0 saturated carbocycles. The van der Waals surface area contributed by atoms with Crippen molar-refractivity contribution in [2.45, 2.75) is 19.9 Å². The number of aryl methyl sites for hydroxylation is 1. The number of rotatable bonds is 2. The van der Waals surface area contributed by atoms with Gasteiger partial charge in [0.05, 0.1) is 0 Å². The van der Waals surface area contributed by atoms with Gasteiger partial charge in [0.2, 0.25) is 0 Å². The second kappa shape index (κ2) is 3.03. The molecule has 0 aliphatic heterocycles. The van der Waals surface area contributed by atoms with Crippen molar-refractivity contribution in [3.05, 3.63) is 18.3 Å². The molecule has 1 atom stereocenters. The Morgan fingerprint density at radius 1 is 1.67 bits per heavy atom. The highest BCUT2D eigenvalue weighted by molar-refractivity contribution is 7.27. The van der Waals surface area contributed by atoms with E-state index in [1.54, 1.807) is 0 Å². The molecular formula is C7H12NP. The summed E-state index contributed by atoms with van der Waals surface area (Å²) in [6, 6.07) is 4.16. The molecule has 0 aliphatic carbocycles. The molecule has 0 radical (unpaired) electrons. The summed E-state index contributed by atoms with van der Waals surface area (Å²) < 4.78 is 2.23. The summed E-state index contributed by atoms with van der Waals surface area (Å²) in [4.78, 5) is 0. The Kier molecular flexibility index (Phi) is 2.29. The monoisotopic (exact) mass is 141 g/mol. The van der Waals surface area contributed by atoms with Crippen LogP contribution in [0.5, 0.6) is 0 Å². The van der Waals surface area contributed by atoms with Crippen molar-refractivity contribution in [1.82, 2.24) is 4.57 Å². The first-order chi connectivity index (χ1) is 4.34. The van der Waals surface area contributed by atoms with Gasteiger partial charge in [-0.15, -0.1) is 0 Å². The van der Waals surface area contributed by atoms with Gasteiger partial charge in [0.15, 0.2) is 0 Å². The van der Waals surface area contributed by atoms with Crippen LogP contribution in [0.4, 0.5) is 0 Å². The molecule has 0 aromatic carbocycles. The third-order valence-electron chi connectivity index (χ3n) is 1.33. The summed E-state index contributed by atoms with van der Waals surface area (Å²) in [5, 5.41) is 0. The van der Waals surface area contributed by atoms with Crippen molar-refractivity contribution in [1.29, 1.82) is 0 Å². The first kappa shape index (κ1) is 6.82. The van der Waals surface area contributed by atoms with Gasteiger partial charge in [-0.3, -0.25) is 0 Å². The van der Waals surface area contributed by atoms with Crippen molar-refractivity contribution < 1.29 is 0 Å². The minimum atomic E-state index is 1.13. The summed E-state index contributed by atoms with van der Waals surface area (Å²) in [6.45, 7) is 3.32. The quantitative estimate of drug-likeness (QED) is 0.548. The molecule has 0 saturated heterocycles. The maximum atomic E-state index is 2.71. The zero-order valence-corrected chi connectivity index (χ0v) is 6.83. The molecule has 9 heavy (non-hydrogen) atoms. The van der Waals surface area contributed by atoms with E-state index in [-0.39, 0.29) is 0 Å². The van der Waals surface area contributed by atoms with Crippen molar-refractivity contribution in [3.8, 4) is 0 Å². The molecule has 1 nitrogen and oxygen atoms in total. The van der Waals surface area contributed by atoms with Crippen LogP contribution in [-0.2, 0) is 6.54 Å². The standard InChI is InChI=1S/C7H12NP/c1-2-5-8-6-3-4-7(8)9/h3-4,6H,2,5,9H2,1H3. The fourth-order valence-corrected chi connectivity index (χ4v) is 1.20. The number of hydrogen-bond donors (Lipinski definition) is 0. The lowest BCUT2D eigenvalue weighted by Crippen LogP contribution is -2.07. The van der Waals surface area contributed by atoms with Crippen LogP contribution in [0.1, 0.15) is 13.3 Å². The average Bonchev–Trinajstić information content (AvgIpc) is 2.18. The summed E-state index contributed by atoms with van der Waals surface area (Å²) in [5.74, 6) is 0. The minimum Gasteiger partial charge on any atom is -0.348 e. The molecule has 1 heterocycles. The van der Waals surface area contributed by atoms with E-state index in [2.05, 4.69) is 39.1 Å². The van der Waals surface area contributed by atoms with Crippen molar-refractivity contribution in [3.63, 3.8) is 0 Å². The average molecular weight is 141 g/mol. The highest BCUT2D eigenvalue weighted by Crippen LogP contribution is 1.94. The zero-order valence-electron chi connectivity index (χ0n) is 5.67. The van der Waals surface area contributed by atoms with Crippen LogP contribution in [0.15, 0.2) is 18.3 Å². The van der Waals surface area contributed by atoms with Gasteiger partial charge in [-0.2, -0.15) is 0 Å². The number of hydrogen-bond acceptors (Lipinski definition) is 0. The summed E-state index contributed by atoms with van der Waals surface area (Å²) in [5.41, 5.74) is 1.27. The van der Waals surface area contributed by atoms with Gasteiger partial charge in [-0.05, 0) is 18.6 Å². The Balaban J connectivity index is 2.69. The lowest BCUT2D eigenvalue weighted by molar-refractivity contribution is 0.699. The third kappa shape index (κ3) is 1.56. The van der Waals surface area contributed by atoms with Gasteiger partial charge in [0, 0.05) is 18.2 Å². The summed E-state index contributed by atoms with van der Waals surface area (Å²) in [6.07, 6.45) is 3.31. The Morgan fingerprint density at radius 2 is 2.44 bits per heavy atom. The fraction of sp³-hybridized carbons (Fsp3) is 0.429. The summed E-state index contributed by atoms with van der Waals surface area (Å²) in [7, 11) is 2.71. The van der Waals surface area contributed by atoms with Crippen LogP contribution < -0.4 is 5.44 Å². The van der Waals surface area contributed by atoms with Crippen LogP contribution in [0.3, 0.4) is 0 Å². The SMILES string of the molecule is CCCn1cccc1P. The van der Waals surface area contributed by atoms with E-state index in [0.29, 0.717) is 0 Å². The van der Waals surface area contributed by atoms with E-state index >= 15 is 0 Å². The molecule has 0 amide bonds. The van der Waals surface area contributed by atoms with Gasteiger partial charge < -0.3 is 4.57 Å². The predicted octanol–water partition coefficient (Wildman–Crippen LogP) is 1.40. The van der Waals surface area contributed by atoms with Crippen LogP contribution in [0, 0.1) is 0 Å². The molecule has 2 heteroatoms. The lowest BCUT2D eigenvalue weighted by atomic mass is 10.5. The lowest BCUT2D eigenvalue weighted by Gasteiger charge is -2.00. The second-order valence-corrected chi connectivity index (χ2v) is 2.72. The van der Waals surface area contributed by atoms with E-state index in [0.717, 1.165) is 6.54 Å². The molecule has 0 bridgehead atoms. The van der Waals surface area contributed by atoms with Crippen molar-refractivity contribution in [2.24, 2.45) is 0 Å². The van der Waals surface area contributed by atoms with Crippen LogP contribution >= 0.6 is 9.24 Å². The first-order valence-corrected chi connectivity index (χ1v) is 3.83. The van der Waals surface area contributed by atoms with Gasteiger partial charge in [-0.1, -0.05) is 16.2 Å². The van der Waals surface area contributed by atoms with Gasteiger partial charge in [-0.25, -0.2) is 0 Å². The van der Waals surface area contributed by atoms with Crippen molar-refractivity contribution >= 4 is 14.7 Å². The molecule has 0 fully saturated rings. The van der Waals surface area contributed by atoms with E-state index in [9.17, 15) is 0 Å². The Hall–Kier alpha value is -0.290. The first-order valence-electron chi connectivity index (χ1n) is 3.25. The molecule has 1 rings (SSSR count). The van der Waals surface area contributed by atoms with Gasteiger partial charge in [0.1, 0.15) is 0 Å². The molecule has 1 aromatic heterocycles. The Labute approximate surface area is 58.3 Å². The molecule has 50 valence electrons. The van der Waals surface area contributed by atoms with Crippen LogP contribution in [0.2, 0.25) is 0 Å².